The van der Waals surface area contributed by atoms with Crippen molar-refractivity contribution in [2.75, 3.05) is 5.32 Å². The van der Waals surface area contributed by atoms with Crippen LogP contribution in [0.25, 0.3) is 0 Å². The number of benzene rings is 2. The number of anilines is 1. The average Bonchev–Trinajstić information content (AvgIpc) is 2.46. The molecule has 0 unspecified atom stereocenters. The number of primary amides is 1. The Bertz CT molecular complexity index is 629. The van der Waals surface area contributed by atoms with Crippen LogP contribution >= 0.6 is 0 Å². The molecule has 3 amide bonds. The van der Waals surface area contributed by atoms with Crippen molar-refractivity contribution in [3.05, 3.63) is 60.2 Å². The van der Waals surface area contributed by atoms with E-state index in [0.29, 0.717) is 11.4 Å². The fourth-order valence-corrected chi connectivity index (χ4v) is 1.71. The lowest BCUT2D eigenvalue weighted by atomic mass is 10.2. The Kier molecular flexibility index (Phi) is 4.76. The number of amides is 3. The van der Waals surface area contributed by atoms with Crippen molar-refractivity contribution >= 4 is 17.8 Å². The number of carbonyl (C=O) groups excluding carboxylic acids is 2. The molecule has 0 fully saturated rings. The second-order valence-corrected chi connectivity index (χ2v) is 4.25. The lowest BCUT2D eigenvalue weighted by Crippen LogP contribution is -2.26. The monoisotopic (exact) mass is 285 g/mol. The number of hydrogen-bond acceptors (Lipinski definition) is 3. The molecule has 0 aromatic heterocycles. The van der Waals surface area contributed by atoms with Crippen LogP contribution in [0.4, 0.5) is 15.3 Å². The number of para-hydroxylation sites is 1. The van der Waals surface area contributed by atoms with Crippen molar-refractivity contribution in [2.24, 2.45) is 5.73 Å². The molecule has 0 aliphatic carbocycles. The van der Waals surface area contributed by atoms with Gasteiger partial charge in [-0.3, -0.25) is 0 Å². The molecule has 0 bridgehead atoms. The van der Waals surface area contributed by atoms with E-state index in [1.165, 1.54) is 0 Å². The summed E-state index contributed by atoms with van der Waals surface area (Å²) in [6.45, 7) is 0.278. The van der Waals surface area contributed by atoms with Crippen LogP contribution in [0.2, 0.25) is 0 Å². The van der Waals surface area contributed by atoms with Crippen LogP contribution in [-0.4, -0.2) is 12.1 Å². The van der Waals surface area contributed by atoms with Gasteiger partial charge in [-0.15, -0.1) is 0 Å². The third-order valence-electron chi connectivity index (χ3n) is 2.59. The molecule has 0 aliphatic heterocycles. The van der Waals surface area contributed by atoms with E-state index >= 15 is 0 Å². The Morgan fingerprint density at radius 3 is 2.52 bits per heavy atom. The topological polar surface area (TPSA) is 93.5 Å². The summed E-state index contributed by atoms with van der Waals surface area (Å²) >= 11 is 0. The van der Waals surface area contributed by atoms with E-state index in [-0.39, 0.29) is 6.54 Å². The molecule has 0 spiro atoms. The predicted octanol–water partition coefficient (Wildman–Crippen LogP) is 2.47. The highest BCUT2D eigenvalue weighted by Crippen LogP contribution is 2.11. The number of rotatable bonds is 4. The molecule has 0 aliphatic rings. The SMILES string of the molecule is NC(=O)Nc1cccc(CNC(=O)Oc2ccccc2)c1. The fraction of sp³-hybridized carbons (Fsp3) is 0.0667. The lowest BCUT2D eigenvalue weighted by Gasteiger charge is -2.08. The molecular weight excluding hydrogens is 270 g/mol. The first-order chi connectivity index (χ1) is 10.1. The van der Waals surface area contributed by atoms with Gasteiger partial charge in [0.15, 0.2) is 0 Å². The first-order valence-electron chi connectivity index (χ1n) is 6.29. The molecule has 0 radical (unpaired) electrons. The highest BCUT2D eigenvalue weighted by Gasteiger charge is 2.04. The molecule has 4 N–H and O–H groups in total. The van der Waals surface area contributed by atoms with E-state index in [0.717, 1.165) is 5.56 Å². The molecular formula is C15H15N3O3. The molecule has 6 heteroatoms. The normalized spacial score (nSPS) is 9.71. The number of urea groups is 1. The molecule has 0 heterocycles. The molecule has 2 rings (SSSR count). The van der Waals surface area contributed by atoms with E-state index in [1.54, 1.807) is 42.5 Å². The smallest absolute Gasteiger partial charge is 0.410 e. The maximum atomic E-state index is 11.6. The fourth-order valence-electron chi connectivity index (χ4n) is 1.71. The average molecular weight is 285 g/mol. The standard InChI is InChI=1S/C15H15N3O3/c16-14(19)18-12-6-4-5-11(9-12)10-17-15(20)21-13-7-2-1-3-8-13/h1-9H,10H2,(H,17,20)(H3,16,18,19). The third kappa shape index (κ3) is 4.87. The highest BCUT2D eigenvalue weighted by molar-refractivity contribution is 5.87. The van der Waals surface area contributed by atoms with Gasteiger partial charge in [-0.1, -0.05) is 30.3 Å². The summed E-state index contributed by atoms with van der Waals surface area (Å²) in [5, 5.41) is 5.09. The zero-order valence-corrected chi connectivity index (χ0v) is 11.2. The molecule has 2 aromatic rings. The Hall–Kier alpha value is -3.02. The molecule has 0 atom stereocenters. The van der Waals surface area contributed by atoms with Crippen LogP contribution in [0, 0.1) is 0 Å². The molecule has 2 aromatic carbocycles. The van der Waals surface area contributed by atoms with Gasteiger partial charge in [0, 0.05) is 12.2 Å². The van der Waals surface area contributed by atoms with Crippen LogP contribution < -0.4 is 21.1 Å². The Morgan fingerprint density at radius 1 is 1.05 bits per heavy atom. The summed E-state index contributed by atoms with van der Waals surface area (Å²) in [7, 11) is 0. The number of hydrogen-bond donors (Lipinski definition) is 3. The van der Waals surface area contributed by atoms with E-state index in [9.17, 15) is 9.59 Å². The Balaban J connectivity index is 1.88. The highest BCUT2D eigenvalue weighted by atomic mass is 16.6. The third-order valence-corrected chi connectivity index (χ3v) is 2.59. The van der Waals surface area contributed by atoms with Gasteiger partial charge in [-0.25, -0.2) is 9.59 Å². The quantitative estimate of drug-likeness (QED) is 0.805. The summed E-state index contributed by atoms with van der Waals surface area (Å²) in [6, 6.07) is 15.1. The van der Waals surface area contributed by atoms with E-state index in [1.807, 2.05) is 12.1 Å². The summed E-state index contributed by atoms with van der Waals surface area (Å²) in [6.07, 6.45) is -0.547. The van der Waals surface area contributed by atoms with Gasteiger partial charge in [0.1, 0.15) is 5.75 Å². The number of ether oxygens (including phenoxy) is 1. The molecule has 108 valence electrons. The van der Waals surface area contributed by atoms with Crippen molar-refractivity contribution in [3.63, 3.8) is 0 Å². The largest absolute Gasteiger partial charge is 0.412 e. The first-order valence-corrected chi connectivity index (χ1v) is 6.29. The summed E-state index contributed by atoms with van der Waals surface area (Å²) in [4.78, 5) is 22.4. The van der Waals surface area contributed by atoms with Gasteiger partial charge < -0.3 is 21.1 Å². The predicted molar refractivity (Wildman–Crippen MR) is 79.0 cm³/mol. The number of carbonyl (C=O) groups is 2. The molecule has 0 saturated heterocycles. The van der Waals surface area contributed by atoms with Crippen LogP contribution in [0.5, 0.6) is 5.75 Å². The zero-order chi connectivity index (χ0) is 15.1. The lowest BCUT2D eigenvalue weighted by molar-refractivity contribution is 0.200. The Morgan fingerprint density at radius 2 is 1.81 bits per heavy atom. The van der Waals surface area contributed by atoms with Crippen molar-refractivity contribution in [1.29, 1.82) is 0 Å². The van der Waals surface area contributed by atoms with Gasteiger partial charge in [-0.2, -0.15) is 0 Å². The maximum Gasteiger partial charge on any atom is 0.412 e. The van der Waals surface area contributed by atoms with Gasteiger partial charge in [0.2, 0.25) is 0 Å². The minimum atomic E-state index is -0.636. The second-order valence-electron chi connectivity index (χ2n) is 4.25. The van der Waals surface area contributed by atoms with E-state index < -0.39 is 12.1 Å². The van der Waals surface area contributed by atoms with Gasteiger partial charge in [0.05, 0.1) is 0 Å². The van der Waals surface area contributed by atoms with Crippen LogP contribution in [-0.2, 0) is 6.54 Å². The molecule has 21 heavy (non-hydrogen) atoms. The van der Waals surface area contributed by atoms with Crippen molar-refractivity contribution in [2.45, 2.75) is 6.54 Å². The Labute approximate surface area is 121 Å². The first kappa shape index (κ1) is 14.4. The summed E-state index contributed by atoms with van der Waals surface area (Å²) < 4.78 is 5.09. The van der Waals surface area contributed by atoms with E-state index in [4.69, 9.17) is 10.5 Å². The van der Waals surface area contributed by atoms with Crippen molar-refractivity contribution < 1.29 is 14.3 Å². The van der Waals surface area contributed by atoms with Crippen molar-refractivity contribution in [1.82, 2.24) is 5.32 Å². The molecule has 0 saturated carbocycles. The second kappa shape index (κ2) is 6.95. The zero-order valence-electron chi connectivity index (χ0n) is 11.2. The minimum Gasteiger partial charge on any atom is -0.410 e. The number of nitrogens with two attached hydrogens (primary N) is 1. The van der Waals surface area contributed by atoms with E-state index in [2.05, 4.69) is 10.6 Å². The van der Waals surface area contributed by atoms with Crippen LogP contribution in [0.3, 0.4) is 0 Å². The summed E-state index contributed by atoms with van der Waals surface area (Å²) in [5.41, 5.74) is 6.42. The summed E-state index contributed by atoms with van der Waals surface area (Å²) in [5.74, 6) is 0.471. The van der Waals surface area contributed by atoms with Gasteiger partial charge >= 0.3 is 12.1 Å². The molecule has 6 nitrogen and oxygen atoms in total. The van der Waals surface area contributed by atoms with Crippen LogP contribution in [0.1, 0.15) is 5.56 Å². The number of nitrogens with one attached hydrogen (secondary N) is 2. The maximum absolute atomic E-state index is 11.6. The van der Waals surface area contributed by atoms with Crippen LogP contribution in [0.15, 0.2) is 54.6 Å². The minimum absolute atomic E-state index is 0.278. The van der Waals surface area contributed by atoms with Crippen molar-refractivity contribution in [3.8, 4) is 5.75 Å². The van der Waals surface area contributed by atoms with Gasteiger partial charge in [-0.05, 0) is 29.8 Å². The van der Waals surface area contributed by atoms with Gasteiger partial charge in [0.25, 0.3) is 0 Å².